The maximum absolute atomic E-state index is 11.4. The summed E-state index contributed by atoms with van der Waals surface area (Å²) in [6.07, 6.45) is 3.14. The Labute approximate surface area is 154 Å². The first-order chi connectivity index (χ1) is 11.5. The van der Waals surface area contributed by atoms with E-state index in [9.17, 15) is 5.11 Å². The van der Waals surface area contributed by atoms with Gasteiger partial charge < -0.3 is 5.11 Å². The van der Waals surface area contributed by atoms with Gasteiger partial charge in [-0.1, -0.05) is 91.3 Å². The summed E-state index contributed by atoms with van der Waals surface area (Å²) in [7, 11) is 0. The van der Waals surface area contributed by atoms with E-state index in [2.05, 4.69) is 60.6 Å². The zero-order valence-corrected chi connectivity index (χ0v) is 17.0. The largest absolute Gasteiger partial charge is 0.872 e. The van der Waals surface area contributed by atoms with Crippen LogP contribution < -0.4 is 5.11 Å². The molecule has 2 rings (SSSR count). The summed E-state index contributed by atoms with van der Waals surface area (Å²) in [4.78, 5) is 0. The minimum atomic E-state index is 0.0800. The first-order valence-electron chi connectivity index (χ1n) is 9.45. The van der Waals surface area contributed by atoms with Gasteiger partial charge in [0, 0.05) is 0 Å². The fourth-order valence-corrected chi connectivity index (χ4v) is 3.36. The number of benzene rings is 2. The van der Waals surface area contributed by atoms with Crippen LogP contribution in [0.3, 0.4) is 0 Å². The predicted molar refractivity (Wildman–Crippen MR) is 107 cm³/mol. The second-order valence-corrected chi connectivity index (χ2v) is 9.23. The first kappa shape index (κ1) is 19.6. The molecule has 1 heteroatoms. The van der Waals surface area contributed by atoms with E-state index in [0.717, 1.165) is 19.3 Å². The molecule has 0 spiro atoms. The molecule has 0 aliphatic rings. The SMILES string of the molecule is CCCc1c(Cc2ccc([O-])cc2)cc(C(C)(C)C)cc1C(C)(C)C. The second-order valence-electron chi connectivity index (χ2n) is 9.23. The Morgan fingerprint density at radius 1 is 0.840 bits per heavy atom. The minimum absolute atomic E-state index is 0.0800. The first-order valence-corrected chi connectivity index (χ1v) is 9.45. The van der Waals surface area contributed by atoms with Crippen LogP contribution in [0.15, 0.2) is 36.4 Å². The van der Waals surface area contributed by atoms with Crippen molar-refractivity contribution < 1.29 is 5.11 Å². The molecule has 2 aromatic carbocycles. The molecule has 1 nitrogen and oxygen atoms in total. The van der Waals surface area contributed by atoms with Gasteiger partial charge in [-0.15, -0.1) is 5.75 Å². The molecule has 2 aromatic rings. The molecular weight excluding hydrogens is 304 g/mol. The van der Waals surface area contributed by atoms with E-state index in [1.807, 2.05) is 12.1 Å². The molecule has 0 radical (unpaired) electrons. The molecule has 0 aliphatic carbocycles. The van der Waals surface area contributed by atoms with Gasteiger partial charge in [0.15, 0.2) is 0 Å². The Hall–Kier alpha value is -1.76. The lowest BCUT2D eigenvalue weighted by Gasteiger charge is -2.30. The van der Waals surface area contributed by atoms with Crippen LogP contribution >= 0.6 is 0 Å². The molecule has 136 valence electrons. The summed E-state index contributed by atoms with van der Waals surface area (Å²) in [6, 6.07) is 12.1. The van der Waals surface area contributed by atoms with Gasteiger partial charge in [0.25, 0.3) is 0 Å². The Morgan fingerprint density at radius 2 is 1.44 bits per heavy atom. The van der Waals surface area contributed by atoms with Gasteiger partial charge in [0.05, 0.1) is 0 Å². The maximum Gasteiger partial charge on any atom is -0.00228 e. The topological polar surface area (TPSA) is 23.1 Å². The summed E-state index contributed by atoms with van der Waals surface area (Å²) in [5.74, 6) is 0.0800. The van der Waals surface area contributed by atoms with Crippen LogP contribution in [0.25, 0.3) is 0 Å². The van der Waals surface area contributed by atoms with Crippen molar-refractivity contribution in [1.29, 1.82) is 0 Å². The van der Waals surface area contributed by atoms with Crippen molar-refractivity contribution in [2.75, 3.05) is 0 Å². The Kier molecular flexibility index (Phi) is 5.66. The fraction of sp³-hybridized carbons (Fsp3) is 0.500. The normalized spacial score (nSPS) is 12.4. The highest BCUT2D eigenvalue weighted by molar-refractivity contribution is 5.47. The zero-order valence-electron chi connectivity index (χ0n) is 17.0. The molecule has 0 saturated carbocycles. The zero-order chi connectivity index (χ0) is 18.8. The number of hydrogen-bond acceptors (Lipinski definition) is 1. The lowest BCUT2D eigenvalue weighted by Crippen LogP contribution is -2.20. The van der Waals surface area contributed by atoms with E-state index in [1.165, 1.54) is 27.8 Å². The molecule has 0 bridgehead atoms. The van der Waals surface area contributed by atoms with Gasteiger partial charge >= 0.3 is 0 Å². The highest BCUT2D eigenvalue weighted by Crippen LogP contribution is 2.35. The van der Waals surface area contributed by atoms with E-state index < -0.39 is 0 Å². The van der Waals surface area contributed by atoms with Crippen molar-refractivity contribution >= 4 is 0 Å². The summed E-state index contributed by atoms with van der Waals surface area (Å²) < 4.78 is 0. The molecule has 0 aromatic heterocycles. The van der Waals surface area contributed by atoms with Gasteiger partial charge in [0.1, 0.15) is 0 Å². The van der Waals surface area contributed by atoms with Crippen LogP contribution in [-0.2, 0) is 23.7 Å². The Balaban J connectivity index is 2.63. The molecule has 0 aliphatic heterocycles. The third kappa shape index (κ3) is 4.87. The van der Waals surface area contributed by atoms with Crippen molar-refractivity contribution in [3.63, 3.8) is 0 Å². The molecule has 0 saturated heterocycles. The molecule has 0 heterocycles. The van der Waals surface area contributed by atoms with E-state index in [0.29, 0.717) is 0 Å². The lowest BCUT2D eigenvalue weighted by molar-refractivity contribution is -0.268. The molecule has 25 heavy (non-hydrogen) atoms. The maximum atomic E-state index is 11.4. The summed E-state index contributed by atoms with van der Waals surface area (Å²) in [6.45, 7) is 16.0. The quantitative estimate of drug-likeness (QED) is 0.681. The monoisotopic (exact) mass is 337 g/mol. The van der Waals surface area contributed by atoms with Crippen molar-refractivity contribution in [1.82, 2.24) is 0 Å². The molecule has 0 amide bonds. The average molecular weight is 338 g/mol. The van der Waals surface area contributed by atoms with Gasteiger partial charge in [-0.3, -0.25) is 0 Å². The molecular formula is C24H33O-. The van der Waals surface area contributed by atoms with Crippen molar-refractivity contribution in [2.45, 2.75) is 78.6 Å². The van der Waals surface area contributed by atoms with Crippen LogP contribution in [0, 0.1) is 0 Å². The van der Waals surface area contributed by atoms with Gasteiger partial charge in [-0.25, -0.2) is 0 Å². The van der Waals surface area contributed by atoms with Crippen molar-refractivity contribution in [2.24, 2.45) is 0 Å². The third-order valence-electron chi connectivity index (χ3n) is 4.83. The fourth-order valence-electron chi connectivity index (χ4n) is 3.36. The Bertz CT molecular complexity index is 709. The van der Waals surface area contributed by atoms with Crippen LogP contribution in [0.1, 0.15) is 82.7 Å². The highest BCUT2D eigenvalue weighted by Gasteiger charge is 2.24. The van der Waals surface area contributed by atoms with E-state index >= 15 is 0 Å². The average Bonchev–Trinajstić information content (AvgIpc) is 2.49. The molecule has 0 fully saturated rings. The van der Waals surface area contributed by atoms with E-state index in [4.69, 9.17) is 0 Å². The van der Waals surface area contributed by atoms with Crippen molar-refractivity contribution in [3.05, 3.63) is 64.2 Å². The van der Waals surface area contributed by atoms with E-state index in [1.54, 1.807) is 12.1 Å². The van der Waals surface area contributed by atoms with Gasteiger partial charge in [-0.05, 0) is 51.5 Å². The number of hydrogen-bond donors (Lipinski definition) is 0. The lowest BCUT2D eigenvalue weighted by atomic mass is 9.75. The number of rotatable bonds is 4. The molecule has 0 unspecified atom stereocenters. The van der Waals surface area contributed by atoms with Gasteiger partial charge in [0.2, 0.25) is 0 Å². The van der Waals surface area contributed by atoms with Crippen molar-refractivity contribution in [3.8, 4) is 5.75 Å². The minimum Gasteiger partial charge on any atom is -0.872 e. The smallest absolute Gasteiger partial charge is 0.00228 e. The van der Waals surface area contributed by atoms with Crippen LogP contribution in [0.4, 0.5) is 0 Å². The highest BCUT2D eigenvalue weighted by atomic mass is 16.3. The Morgan fingerprint density at radius 3 is 1.92 bits per heavy atom. The third-order valence-corrected chi connectivity index (χ3v) is 4.83. The van der Waals surface area contributed by atoms with Crippen LogP contribution in [0.2, 0.25) is 0 Å². The van der Waals surface area contributed by atoms with Gasteiger partial charge in [-0.2, -0.15) is 0 Å². The second kappa shape index (κ2) is 7.23. The van der Waals surface area contributed by atoms with E-state index in [-0.39, 0.29) is 16.6 Å². The molecule has 0 atom stereocenters. The summed E-state index contributed by atoms with van der Waals surface area (Å²) in [5, 5.41) is 11.4. The summed E-state index contributed by atoms with van der Waals surface area (Å²) in [5.41, 5.74) is 7.23. The predicted octanol–water partition coefficient (Wildman–Crippen LogP) is 5.90. The van der Waals surface area contributed by atoms with Crippen LogP contribution in [0.5, 0.6) is 5.75 Å². The summed E-state index contributed by atoms with van der Waals surface area (Å²) >= 11 is 0. The standard InChI is InChI=1S/C24H34O/c1-8-9-21-18(14-17-10-12-20(25)13-11-17)15-19(23(2,3)4)16-22(21)24(5,6)7/h10-13,15-16,25H,8-9,14H2,1-7H3/p-1. The molecule has 0 N–H and O–H groups in total. The van der Waals surface area contributed by atoms with Crippen LogP contribution in [-0.4, -0.2) is 0 Å².